The molecule has 1 heterocycles. The Labute approximate surface area is 226 Å². The van der Waals surface area contributed by atoms with Crippen molar-refractivity contribution in [2.75, 3.05) is 18.8 Å². The maximum absolute atomic E-state index is 13.7. The van der Waals surface area contributed by atoms with Crippen LogP contribution in [0.25, 0.3) is 0 Å². The molecule has 3 rings (SSSR count). The quantitative estimate of drug-likeness (QED) is 0.119. The minimum atomic E-state index is -2.30. The van der Waals surface area contributed by atoms with Crippen molar-refractivity contribution >= 4 is 34.6 Å². The Bertz CT molecular complexity index is 914. The monoisotopic (exact) mass is 556 g/mol. The molecule has 2 unspecified atom stereocenters. The van der Waals surface area contributed by atoms with Crippen molar-refractivity contribution in [1.29, 1.82) is 0 Å². The summed E-state index contributed by atoms with van der Waals surface area (Å²) in [6.07, 6.45) is 5.22. The van der Waals surface area contributed by atoms with E-state index in [0.717, 1.165) is 32.1 Å². The smallest absolute Gasteiger partial charge is 0.289 e. The van der Waals surface area contributed by atoms with Crippen LogP contribution in [0.2, 0.25) is 0 Å². The number of nitrogens with one attached hydrogen (secondary N) is 4. The van der Waals surface area contributed by atoms with Gasteiger partial charge in [0.15, 0.2) is 6.35 Å². The van der Waals surface area contributed by atoms with Gasteiger partial charge in [-0.15, -0.1) is 0 Å². The van der Waals surface area contributed by atoms with Gasteiger partial charge in [0.25, 0.3) is 5.91 Å². The van der Waals surface area contributed by atoms with Gasteiger partial charge in [-0.05, 0) is 43.9 Å². The fraction of sp³-hybridized carbons (Fsp3) is 0.840. The summed E-state index contributed by atoms with van der Waals surface area (Å²) in [6, 6.07) is -1.65. The molecule has 0 spiro atoms. The maximum Gasteiger partial charge on any atom is 0.289 e. The third-order valence-corrected chi connectivity index (χ3v) is 8.30. The summed E-state index contributed by atoms with van der Waals surface area (Å²) in [5, 5.41) is 22.0. The molecule has 2 saturated carbocycles. The van der Waals surface area contributed by atoms with Crippen molar-refractivity contribution in [1.82, 2.24) is 26.2 Å². The highest BCUT2D eigenvalue weighted by Gasteiger charge is 2.43. The molecule has 3 aliphatic rings. The van der Waals surface area contributed by atoms with Gasteiger partial charge in [-0.25, -0.2) is 0 Å². The molecule has 12 nitrogen and oxygen atoms in total. The highest BCUT2D eigenvalue weighted by atomic mass is 32.2. The second-order valence-electron chi connectivity index (χ2n) is 11.9. The number of rotatable bonds is 12. The number of carbonyl (C=O) groups excluding carboxylic acids is 4. The molecule has 4 atom stereocenters. The Morgan fingerprint density at radius 3 is 2.32 bits per heavy atom. The topological polar surface area (TPSA) is 180 Å². The van der Waals surface area contributed by atoms with E-state index in [0.29, 0.717) is 32.2 Å². The van der Waals surface area contributed by atoms with E-state index in [-0.39, 0.29) is 17.7 Å². The molecule has 0 bridgehead atoms. The number of amides is 3. The number of hydrogen-bond acceptors (Lipinski definition) is 9. The number of aliphatic hydroxyl groups is 1. The predicted octanol–water partition coefficient (Wildman–Crippen LogP) is -0.607. The van der Waals surface area contributed by atoms with Crippen LogP contribution in [0.15, 0.2) is 0 Å². The van der Waals surface area contributed by atoms with Crippen molar-refractivity contribution < 1.29 is 33.0 Å². The lowest BCUT2D eigenvalue weighted by Crippen LogP contribution is -2.65. The van der Waals surface area contributed by atoms with Crippen LogP contribution in [0, 0.1) is 5.41 Å². The van der Waals surface area contributed by atoms with Crippen LogP contribution in [0.3, 0.4) is 0 Å². The fourth-order valence-corrected chi connectivity index (χ4v) is 6.12. The number of carbonyl (C=O) groups is 4. The van der Waals surface area contributed by atoms with E-state index >= 15 is 0 Å². The third kappa shape index (κ3) is 8.54. The van der Waals surface area contributed by atoms with Gasteiger partial charge in [-0.2, -0.15) is 0 Å². The second kappa shape index (κ2) is 12.9. The highest BCUT2D eigenvalue weighted by Crippen LogP contribution is 2.30. The molecule has 1 aliphatic heterocycles. The summed E-state index contributed by atoms with van der Waals surface area (Å²) >= 11 is -2.30. The lowest BCUT2D eigenvalue weighted by molar-refractivity contribution is -0.144. The zero-order valence-electron chi connectivity index (χ0n) is 22.5. The van der Waals surface area contributed by atoms with Crippen LogP contribution in [-0.2, 0) is 30.3 Å². The van der Waals surface area contributed by atoms with E-state index in [2.05, 4.69) is 21.3 Å². The molecule has 1 saturated heterocycles. The highest BCUT2D eigenvalue weighted by molar-refractivity contribution is 7.79. The van der Waals surface area contributed by atoms with Gasteiger partial charge in [0.1, 0.15) is 6.04 Å². The van der Waals surface area contributed by atoms with Crippen molar-refractivity contribution in [3.05, 3.63) is 0 Å². The lowest BCUT2D eigenvalue weighted by Gasteiger charge is -2.42. The first-order valence-corrected chi connectivity index (χ1v) is 14.8. The van der Waals surface area contributed by atoms with Gasteiger partial charge in [0.05, 0.1) is 12.6 Å². The number of likely N-dealkylation sites (tertiary alicyclic amines) is 1. The average molecular weight is 557 g/mol. The zero-order valence-corrected chi connectivity index (χ0v) is 23.4. The largest absolute Gasteiger partial charge is 0.772 e. The Kier molecular flexibility index (Phi) is 10.4. The third-order valence-electron chi connectivity index (χ3n) is 7.51. The van der Waals surface area contributed by atoms with Crippen molar-refractivity contribution in [2.45, 2.75) is 109 Å². The van der Waals surface area contributed by atoms with Crippen molar-refractivity contribution in [3.8, 4) is 0 Å². The number of hydrogen-bond donors (Lipinski definition) is 5. The summed E-state index contributed by atoms with van der Waals surface area (Å²) < 4.78 is 23.0. The first kappa shape index (κ1) is 30.6. The van der Waals surface area contributed by atoms with Crippen LogP contribution < -0.4 is 21.3 Å². The Morgan fingerprint density at radius 1 is 1.08 bits per heavy atom. The summed E-state index contributed by atoms with van der Waals surface area (Å²) in [6.45, 7) is 5.40. The molecule has 0 aromatic carbocycles. The first-order valence-electron chi connectivity index (χ1n) is 13.5. The molecule has 3 amide bonds. The normalized spacial score (nSPS) is 23.8. The van der Waals surface area contributed by atoms with Gasteiger partial charge in [-0.1, -0.05) is 51.1 Å². The number of Topliss-reactive ketones (excluding diaryl/α,β-unsaturated/α-hetero) is 1. The standard InChI is InChI=1S/C25H43N5O7S/c1-24(2,3)19(28-23(35)29-25(15-38(36)37)11-5-4-6-12-25)22(34)30-13-7-8-17(30)20(32)26-14-18(31)21(33)27-16-9-10-16/h16-17,19,23,28-29,35H,4-15H2,1-3H3,(H,26,32)(H,27,33)(H,36,37)/p-1/t17-,19+,23?/m0/s1. The molecular formula is C25H42N5O7S-. The van der Waals surface area contributed by atoms with Crippen LogP contribution in [-0.4, -0.2) is 91.1 Å². The van der Waals surface area contributed by atoms with E-state index in [4.69, 9.17) is 0 Å². The van der Waals surface area contributed by atoms with E-state index in [1.54, 1.807) is 0 Å². The van der Waals surface area contributed by atoms with Crippen LogP contribution in [0.5, 0.6) is 0 Å². The molecule has 38 heavy (non-hydrogen) atoms. The van der Waals surface area contributed by atoms with Gasteiger partial charge in [-0.3, -0.25) is 34.0 Å². The summed E-state index contributed by atoms with van der Waals surface area (Å²) in [7, 11) is 0. The van der Waals surface area contributed by atoms with Crippen LogP contribution >= 0.6 is 0 Å². The van der Waals surface area contributed by atoms with Crippen molar-refractivity contribution in [2.24, 2.45) is 5.41 Å². The van der Waals surface area contributed by atoms with E-state index in [9.17, 15) is 33.0 Å². The average Bonchev–Trinajstić information content (AvgIpc) is 3.50. The summed E-state index contributed by atoms with van der Waals surface area (Å²) in [5.41, 5.74) is -1.43. The molecule has 5 N–H and O–H groups in total. The summed E-state index contributed by atoms with van der Waals surface area (Å²) in [5.74, 6) is -2.47. The Balaban J connectivity index is 1.63. The fourth-order valence-electron chi connectivity index (χ4n) is 5.29. The molecule has 13 heteroatoms. The number of aliphatic hydroxyl groups excluding tert-OH is 1. The van der Waals surface area contributed by atoms with Gasteiger partial charge in [0, 0.05) is 23.9 Å². The first-order chi connectivity index (χ1) is 17.8. The van der Waals surface area contributed by atoms with Crippen molar-refractivity contribution in [3.63, 3.8) is 0 Å². The Morgan fingerprint density at radius 2 is 1.74 bits per heavy atom. The molecule has 2 aliphatic carbocycles. The zero-order chi connectivity index (χ0) is 28.1. The summed E-state index contributed by atoms with van der Waals surface area (Å²) in [4.78, 5) is 52.0. The van der Waals surface area contributed by atoms with E-state index in [1.807, 2.05) is 20.8 Å². The SMILES string of the molecule is CC(C)(C)[C@H](NC(O)NC1(CS(=O)[O-])CCCCC1)C(=O)N1CCC[C@H]1C(=O)NCC(=O)C(=O)NC1CC1. The predicted molar refractivity (Wildman–Crippen MR) is 139 cm³/mol. The lowest BCUT2D eigenvalue weighted by atomic mass is 9.83. The van der Waals surface area contributed by atoms with Crippen LogP contribution in [0.4, 0.5) is 0 Å². The van der Waals surface area contributed by atoms with E-state index in [1.165, 1.54) is 4.90 Å². The molecule has 3 fully saturated rings. The minimum absolute atomic E-state index is 0.0345. The van der Waals surface area contributed by atoms with Gasteiger partial charge in [0.2, 0.25) is 17.6 Å². The number of nitrogens with zero attached hydrogens (tertiary/aromatic N) is 1. The second-order valence-corrected chi connectivity index (χ2v) is 12.8. The van der Waals surface area contributed by atoms with Gasteiger partial charge >= 0.3 is 0 Å². The molecular weight excluding hydrogens is 514 g/mol. The molecule has 0 radical (unpaired) electrons. The maximum atomic E-state index is 13.7. The number of ketones is 1. The van der Waals surface area contributed by atoms with Crippen LogP contribution in [0.1, 0.15) is 78.6 Å². The molecule has 216 valence electrons. The van der Waals surface area contributed by atoms with Gasteiger partial charge < -0.3 is 25.2 Å². The Hall–Kier alpha value is -1.93. The molecule has 0 aromatic heterocycles. The minimum Gasteiger partial charge on any atom is -0.772 e. The molecule has 0 aromatic rings. The van der Waals surface area contributed by atoms with E-state index < -0.39 is 64.6 Å².